The van der Waals surface area contributed by atoms with Gasteiger partial charge in [-0.2, -0.15) is 0 Å². The molecule has 0 saturated carbocycles. The molecule has 0 unspecified atom stereocenters. The Bertz CT molecular complexity index is 1100. The van der Waals surface area contributed by atoms with Crippen molar-refractivity contribution in [1.82, 2.24) is 5.32 Å². The van der Waals surface area contributed by atoms with Gasteiger partial charge in [-0.1, -0.05) is 67.6 Å². The Labute approximate surface area is 181 Å². The highest BCUT2D eigenvalue weighted by atomic mass is 16.6. The number of nitro groups is 1. The standard InChI is InChI=1S/C26H24N2O3/c1-2-18-27-25(29)26(17-7-8-19-13-15-20(16-14-19)28(30)31)23-11-5-3-9-21(23)22-10-4-6-12-24(22)26/h3-16H,2,17-18H2,1H3,(H,27,29)/b8-7+. The molecule has 1 aliphatic rings. The molecular weight excluding hydrogens is 388 g/mol. The summed E-state index contributed by atoms with van der Waals surface area (Å²) in [6, 6.07) is 22.6. The molecule has 1 N–H and O–H groups in total. The monoisotopic (exact) mass is 412 g/mol. The fourth-order valence-electron chi connectivity index (χ4n) is 4.35. The number of nitro benzene ring substituents is 1. The number of allylic oxidation sites excluding steroid dienone is 1. The number of carbonyl (C=O) groups is 1. The highest BCUT2D eigenvalue weighted by Gasteiger charge is 2.47. The van der Waals surface area contributed by atoms with Gasteiger partial charge >= 0.3 is 0 Å². The molecule has 0 aliphatic heterocycles. The van der Waals surface area contributed by atoms with E-state index < -0.39 is 10.3 Å². The minimum Gasteiger partial charge on any atom is -0.355 e. The van der Waals surface area contributed by atoms with Gasteiger partial charge in [0.25, 0.3) is 5.69 Å². The maximum absolute atomic E-state index is 13.6. The van der Waals surface area contributed by atoms with E-state index in [0.29, 0.717) is 13.0 Å². The molecule has 4 rings (SSSR count). The third kappa shape index (κ3) is 3.63. The predicted octanol–water partition coefficient (Wildman–Crippen LogP) is 5.49. The first-order chi connectivity index (χ1) is 15.1. The summed E-state index contributed by atoms with van der Waals surface area (Å²) in [4.78, 5) is 24.1. The van der Waals surface area contributed by atoms with Crippen LogP contribution in [-0.2, 0) is 10.2 Å². The molecule has 5 heteroatoms. The van der Waals surface area contributed by atoms with Crippen molar-refractivity contribution in [2.75, 3.05) is 6.54 Å². The number of nitrogens with zero attached hydrogens (tertiary/aromatic N) is 1. The quantitative estimate of drug-likeness (QED) is 0.412. The Balaban J connectivity index is 1.75. The van der Waals surface area contributed by atoms with Crippen molar-refractivity contribution in [3.63, 3.8) is 0 Å². The molecule has 0 saturated heterocycles. The Morgan fingerprint density at radius 1 is 0.968 bits per heavy atom. The smallest absolute Gasteiger partial charge is 0.269 e. The molecule has 0 fully saturated rings. The fraction of sp³-hybridized carbons (Fsp3) is 0.192. The number of fused-ring (bicyclic) bond motifs is 3. The number of carbonyl (C=O) groups excluding carboxylic acids is 1. The van der Waals surface area contributed by atoms with E-state index in [1.807, 2.05) is 55.5 Å². The number of rotatable bonds is 7. The number of non-ortho nitro benzene ring substituents is 1. The normalized spacial score (nSPS) is 13.6. The first-order valence-corrected chi connectivity index (χ1v) is 10.5. The van der Waals surface area contributed by atoms with Gasteiger partial charge in [-0.15, -0.1) is 0 Å². The van der Waals surface area contributed by atoms with Crippen molar-refractivity contribution >= 4 is 17.7 Å². The highest BCUT2D eigenvalue weighted by molar-refractivity contribution is 6.00. The SMILES string of the molecule is CCCNC(=O)C1(C/C=C/c2ccc([N+](=O)[O-])cc2)c2ccccc2-c2ccccc21. The number of nitrogens with one attached hydrogen (secondary N) is 1. The van der Waals surface area contributed by atoms with E-state index in [0.717, 1.165) is 34.2 Å². The molecule has 0 bridgehead atoms. The number of amides is 1. The van der Waals surface area contributed by atoms with Gasteiger partial charge in [-0.05, 0) is 52.8 Å². The average molecular weight is 412 g/mol. The molecule has 3 aromatic carbocycles. The first kappa shape index (κ1) is 20.5. The van der Waals surface area contributed by atoms with Gasteiger partial charge in [0, 0.05) is 18.7 Å². The zero-order valence-corrected chi connectivity index (χ0v) is 17.4. The molecule has 156 valence electrons. The summed E-state index contributed by atoms with van der Waals surface area (Å²) >= 11 is 0. The largest absolute Gasteiger partial charge is 0.355 e. The zero-order chi connectivity index (χ0) is 21.8. The van der Waals surface area contributed by atoms with E-state index >= 15 is 0 Å². The topological polar surface area (TPSA) is 72.2 Å². The third-order valence-electron chi connectivity index (χ3n) is 5.83. The molecule has 0 atom stereocenters. The zero-order valence-electron chi connectivity index (χ0n) is 17.4. The minimum atomic E-state index is -0.806. The van der Waals surface area contributed by atoms with E-state index in [1.165, 1.54) is 12.1 Å². The van der Waals surface area contributed by atoms with Crippen LogP contribution >= 0.6 is 0 Å². The van der Waals surface area contributed by atoms with Gasteiger partial charge in [0.15, 0.2) is 0 Å². The second-order valence-electron chi connectivity index (χ2n) is 7.71. The Kier molecular flexibility index (Phi) is 5.67. The summed E-state index contributed by atoms with van der Waals surface area (Å²) in [6.07, 6.45) is 5.27. The van der Waals surface area contributed by atoms with E-state index in [9.17, 15) is 14.9 Å². The summed E-state index contributed by atoms with van der Waals surface area (Å²) in [7, 11) is 0. The molecule has 0 spiro atoms. The van der Waals surface area contributed by atoms with E-state index in [2.05, 4.69) is 17.4 Å². The van der Waals surface area contributed by atoms with Crippen molar-refractivity contribution in [2.24, 2.45) is 0 Å². The summed E-state index contributed by atoms with van der Waals surface area (Å²) in [5.74, 6) is 0.0000921. The van der Waals surface area contributed by atoms with Crippen LogP contribution in [0, 0.1) is 10.1 Å². The number of hydrogen-bond donors (Lipinski definition) is 1. The van der Waals surface area contributed by atoms with Crippen molar-refractivity contribution in [3.05, 3.63) is 106 Å². The summed E-state index contributed by atoms with van der Waals surface area (Å²) in [5, 5.41) is 14.0. The summed E-state index contributed by atoms with van der Waals surface area (Å²) in [6.45, 7) is 2.66. The minimum absolute atomic E-state index is 0.0000921. The van der Waals surface area contributed by atoms with E-state index in [-0.39, 0.29) is 11.6 Å². The fourth-order valence-corrected chi connectivity index (χ4v) is 4.35. The van der Waals surface area contributed by atoms with E-state index in [4.69, 9.17) is 0 Å². The predicted molar refractivity (Wildman–Crippen MR) is 123 cm³/mol. The van der Waals surface area contributed by atoms with Gasteiger partial charge in [-0.25, -0.2) is 0 Å². The molecule has 0 aromatic heterocycles. The first-order valence-electron chi connectivity index (χ1n) is 10.5. The maximum atomic E-state index is 13.6. The Hall–Kier alpha value is -3.73. The molecule has 1 amide bonds. The van der Waals surface area contributed by atoms with Crippen LogP contribution < -0.4 is 5.32 Å². The van der Waals surface area contributed by atoms with E-state index in [1.54, 1.807) is 12.1 Å². The maximum Gasteiger partial charge on any atom is 0.269 e. The lowest BCUT2D eigenvalue weighted by atomic mass is 9.74. The van der Waals surface area contributed by atoms with Crippen molar-refractivity contribution in [1.29, 1.82) is 0 Å². The lowest BCUT2D eigenvalue weighted by Gasteiger charge is -2.30. The summed E-state index contributed by atoms with van der Waals surface area (Å²) in [5.41, 5.74) is 4.32. The second kappa shape index (κ2) is 8.56. The Morgan fingerprint density at radius 3 is 2.10 bits per heavy atom. The number of hydrogen-bond acceptors (Lipinski definition) is 3. The van der Waals surface area contributed by atoms with Gasteiger partial charge in [-0.3, -0.25) is 14.9 Å². The molecular formula is C26H24N2O3. The van der Waals surface area contributed by atoms with Crippen molar-refractivity contribution in [2.45, 2.75) is 25.2 Å². The van der Waals surface area contributed by atoms with Gasteiger partial charge < -0.3 is 5.32 Å². The lowest BCUT2D eigenvalue weighted by Crippen LogP contribution is -2.44. The van der Waals surface area contributed by atoms with Gasteiger partial charge in [0.2, 0.25) is 5.91 Å². The van der Waals surface area contributed by atoms with Crippen LogP contribution in [0.15, 0.2) is 78.9 Å². The number of benzene rings is 3. The van der Waals surface area contributed by atoms with Crippen LogP contribution in [0.2, 0.25) is 0 Å². The van der Waals surface area contributed by atoms with Crippen molar-refractivity contribution < 1.29 is 9.72 Å². The van der Waals surface area contributed by atoms with Crippen LogP contribution in [-0.4, -0.2) is 17.4 Å². The Morgan fingerprint density at radius 2 is 1.55 bits per heavy atom. The molecule has 0 heterocycles. The van der Waals surface area contributed by atoms with Crippen LogP contribution in [0.5, 0.6) is 0 Å². The van der Waals surface area contributed by atoms with Gasteiger partial charge in [0.05, 0.1) is 4.92 Å². The van der Waals surface area contributed by atoms with Crippen LogP contribution in [0.4, 0.5) is 5.69 Å². The van der Waals surface area contributed by atoms with Gasteiger partial charge in [0.1, 0.15) is 5.41 Å². The lowest BCUT2D eigenvalue weighted by molar-refractivity contribution is -0.384. The molecule has 1 aliphatic carbocycles. The molecule has 0 radical (unpaired) electrons. The summed E-state index contributed by atoms with van der Waals surface area (Å²) < 4.78 is 0. The van der Waals surface area contributed by atoms with Crippen LogP contribution in [0.3, 0.4) is 0 Å². The average Bonchev–Trinajstić information content (AvgIpc) is 3.09. The van der Waals surface area contributed by atoms with Crippen molar-refractivity contribution in [3.8, 4) is 11.1 Å². The second-order valence-corrected chi connectivity index (χ2v) is 7.71. The van der Waals surface area contributed by atoms with Crippen LogP contribution in [0.1, 0.15) is 36.5 Å². The molecule has 5 nitrogen and oxygen atoms in total. The molecule has 3 aromatic rings. The highest BCUT2D eigenvalue weighted by Crippen LogP contribution is 2.51. The molecule has 31 heavy (non-hydrogen) atoms. The third-order valence-corrected chi connectivity index (χ3v) is 5.83. The van der Waals surface area contributed by atoms with Crippen LogP contribution in [0.25, 0.3) is 17.2 Å².